The summed E-state index contributed by atoms with van der Waals surface area (Å²) >= 11 is 0. The summed E-state index contributed by atoms with van der Waals surface area (Å²) in [6.07, 6.45) is -4.21. The van der Waals surface area contributed by atoms with E-state index in [9.17, 15) is 79.2 Å². The third-order valence-electron chi connectivity index (χ3n) is 24.7. The smallest absolute Gasteiger partial charge is 0.252 e. The summed E-state index contributed by atoms with van der Waals surface area (Å²) in [7, 11) is 4.97. The van der Waals surface area contributed by atoms with Crippen LogP contribution in [0, 0.1) is 47.4 Å². The predicted octanol–water partition coefficient (Wildman–Crippen LogP) is -2.94. The number of imidazole rings is 4. The van der Waals surface area contributed by atoms with Gasteiger partial charge in [0, 0.05) is 77.2 Å². The van der Waals surface area contributed by atoms with Crippen LogP contribution in [-0.2, 0) is 75.1 Å². The molecule has 10 aromatic rings. The Morgan fingerprint density at radius 1 is 0.382 bits per heavy atom. The number of nitrogens with one attached hydrogen (secondary N) is 4. The highest BCUT2D eigenvalue weighted by molar-refractivity contribution is 5.88. The van der Waals surface area contributed by atoms with E-state index in [2.05, 4.69) is 128 Å². The molecule has 5 aliphatic carbocycles. The predicted molar refractivity (Wildman–Crippen MR) is 509 cm³/mol. The first-order valence-electron chi connectivity index (χ1n) is 47.2. The molecule has 49 heteroatoms. The molecule has 49 nitrogen and oxygen atoms in total. The molecule has 9 fully saturated rings. The lowest BCUT2D eigenvalue weighted by Crippen LogP contribution is -2.43. The molecule has 0 bridgehead atoms. The van der Waals surface area contributed by atoms with Gasteiger partial charge in [-0.25, -0.2) is 59.8 Å². The Labute approximate surface area is 823 Å². The number of aromatic nitrogens is 16. The summed E-state index contributed by atoms with van der Waals surface area (Å²) in [5.74, 6) is 21.4. The van der Waals surface area contributed by atoms with Gasteiger partial charge in [0.2, 0.25) is 46.9 Å². The number of anilines is 4. The highest BCUT2D eigenvalue weighted by atomic mass is 16.6. The normalized spacial score (nSPS) is 23.8. The number of nitrogen functional groups attached to an aromatic ring is 4. The number of nitrogens with zero attached hydrogens (tertiary/aromatic N) is 20. The van der Waals surface area contributed by atoms with Crippen LogP contribution in [0.3, 0.4) is 0 Å². The van der Waals surface area contributed by atoms with Gasteiger partial charge in [-0.05, 0) is 105 Å². The van der Waals surface area contributed by atoms with Crippen LogP contribution < -0.4 is 44.2 Å². The zero-order valence-electron chi connectivity index (χ0n) is 79.2. The average molecular weight is 1980 g/mol. The maximum absolute atomic E-state index is 12.5. The summed E-state index contributed by atoms with van der Waals surface area (Å²) in [5.41, 5.74) is 28.2. The Balaban J connectivity index is 0.000000138. The van der Waals surface area contributed by atoms with E-state index in [1.54, 1.807) is 33.0 Å². The molecule has 4 unspecified atom stereocenters. The van der Waals surface area contributed by atoms with Crippen molar-refractivity contribution in [2.45, 2.75) is 245 Å². The Morgan fingerprint density at radius 3 is 0.972 bits per heavy atom. The molecule has 9 aliphatic rings. The standard InChI is InChI=1S/C28H33N7O6.C25H27N7O5.C22H27N7O5.C20H25N7O5/c1-34(20(36)10-6-14-40-15-17-7-3-2-4-8-17)13-5-9-19-32-25(29)21-26(33-19)35(16-30-21)28-23(38)22(37)24(41-28)27(39)31-18-11-12-18;1-31(17(33)12-14-6-3-2-4-7-14)11-5-8-16-29-22(26)18-23(30-16)32(13-27-18)25-20(35)19(34)21(37-25)24(36)28-15-9-10-15;1-2-14(30)28(12-7-8-12)9-3-4-13-26-19(23)15-20(27-13)29(10-24-15)22-17(32)16(31)18(34-22)21(33)25-11-5-6-11;1-3-12(28)26(2)8-4-5-11-24-17(21)13-18(25-11)27(9-22-13)20-15(30)14(29)16(32-20)19(31)23-10-6-7-10/h2-4,7-8,16,18,22-24,28,37-38H,6,10-15H2,1H3,(H,31,39)(H2,29,32,33);2-4,6-7,13,15,19-21,25,34-35H,9-12H2,1H3,(H,28,36)(H2,26,29,30);10-12,16-18,22,31-32H,2,5-9H2,1H3,(H,25,33)(H2,23,26,27);9-10,14-16,20,29-30H,3,6-8H2,1-2H3,(H,23,31)(H2,21,24,25)/t22?,23-,24-,28+;19?,20-,21-,25+;16?,17-,18-,22+;14?,15-,16-,20+/m0000/s1. The minimum Gasteiger partial charge on any atom is -0.387 e. The molecule has 2 aromatic carbocycles. The van der Waals surface area contributed by atoms with Crippen molar-refractivity contribution in [1.29, 1.82) is 0 Å². The van der Waals surface area contributed by atoms with Crippen molar-refractivity contribution in [3.63, 3.8) is 0 Å². The highest BCUT2D eigenvalue weighted by Crippen LogP contribution is 2.39. The van der Waals surface area contributed by atoms with Crippen LogP contribution in [0.4, 0.5) is 23.3 Å². The molecule has 5 saturated carbocycles. The lowest BCUT2D eigenvalue weighted by Gasteiger charge is -2.18. The zero-order chi connectivity index (χ0) is 102. The zero-order valence-corrected chi connectivity index (χ0v) is 79.2. The summed E-state index contributed by atoms with van der Waals surface area (Å²) < 4.78 is 34.1. The number of likely N-dealkylation sites (N-methyl/N-ethyl adjacent to an activating group) is 1. The van der Waals surface area contributed by atoms with Crippen LogP contribution in [0.15, 0.2) is 86.0 Å². The van der Waals surface area contributed by atoms with Crippen molar-refractivity contribution < 1.29 is 103 Å². The summed E-state index contributed by atoms with van der Waals surface area (Å²) in [4.78, 5) is 156. The largest absolute Gasteiger partial charge is 0.387 e. The lowest BCUT2D eigenvalue weighted by atomic mass is 10.1. The number of benzene rings is 2. The Bertz CT molecular complexity index is 6680. The SMILES string of the molecule is CCC(=O)N(C)CC#Cc1nc(N)c2ncn([C@@H]3O[C@H](C(=O)NC4CC4)C(O)[C@@H]3O)c2n1.CCC(=O)N(CC#Cc1nc(N)c2ncn([C@@H]3O[C@H](C(=O)NC4CC4)C(O)[C@@H]3O)c2n1)C1CC1.CN(CC#Cc1nc(N)c2ncn([C@@H]3O[C@H](C(=O)NC4CC4)C(O)[C@@H]3O)c2n1)C(=O)CCCOCc1ccccc1.CN(CC#Cc1nc(N)c2ncn([C@@H]3O[C@H](C(=O)NC4CC4)C(O)[C@@H]3O)c2n1)C(=O)Cc1ccccc1. The van der Waals surface area contributed by atoms with Gasteiger partial charge in [0.25, 0.3) is 23.6 Å². The third-order valence-corrected chi connectivity index (χ3v) is 24.7. The third kappa shape index (κ3) is 24.4. The number of carbonyl (C=O) groups excluding carboxylic acids is 8. The molecule has 758 valence electrons. The number of nitrogens with two attached hydrogens (primary N) is 4. The van der Waals surface area contributed by atoms with E-state index >= 15 is 0 Å². The fourth-order valence-corrected chi connectivity index (χ4v) is 15.8. The monoisotopic (exact) mass is 1980 g/mol. The number of ether oxygens (including phenoxy) is 5. The molecule has 4 aliphatic heterocycles. The fraction of sp³-hybridized carbons (Fsp3) is 0.495. The minimum absolute atomic E-state index is 0.0422. The Kier molecular flexibility index (Phi) is 32.2. The fourth-order valence-electron chi connectivity index (χ4n) is 15.8. The van der Waals surface area contributed by atoms with Crippen molar-refractivity contribution in [2.75, 3.05) is 76.9 Å². The van der Waals surface area contributed by atoms with Crippen molar-refractivity contribution in [1.82, 2.24) is 119 Å². The molecule has 4 saturated heterocycles. The topological polar surface area (TPSA) is 684 Å². The van der Waals surface area contributed by atoms with E-state index in [4.69, 9.17) is 46.6 Å². The van der Waals surface area contributed by atoms with Gasteiger partial charge < -0.3 is 128 Å². The lowest BCUT2D eigenvalue weighted by molar-refractivity contribution is -0.138. The second kappa shape index (κ2) is 45.3. The quantitative estimate of drug-likeness (QED) is 0.0181. The molecule has 8 amide bonds. The molecule has 20 N–H and O–H groups in total. The first kappa shape index (κ1) is 102. The van der Waals surface area contributed by atoms with Crippen LogP contribution in [0.5, 0.6) is 0 Å². The Morgan fingerprint density at radius 2 is 0.674 bits per heavy atom. The highest BCUT2D eigenvalue weighted by Gasteiger charge is 2.53. The van der Waals surface area contributed by atoms with Crippen LogP contribution in [0.1, 0.15) is 163 Å². The number of fused-ring (bicyclic) bond motifs is 4. The summed E-state index contributed by atoms with van der Waals surface area (Å²) in [5, 5.41) is 95.1. The van der Waals surface area contributed by atoms with E-state index < -0.39 is 122 Å². The van der Waals surface area contributed by atoms with E-state index in [0.717, 1.165) is 75.3 Å². The van der Waals surface area contributed by atoms with Crippen molar-refractivity contribution in [2.24, 2.45) is 0 Å². The van der Waals surface area contributed by atoms with Crippen LogP contribution in [0.25, 0.3) is 44.7 Å². The Hall–Kier alpha value is -14.7. The van der Waals surface area contributed by atoms with Crippen molar-refractivity contribution >= 4 is 115 Å². The minimum atomic E-state index is -1.43. The number of aliphatic hydroxyl groups excluding tert-OH is 8. The van der Waals surface area contributed by atoms with Gasteiger partial charge in [0.1, 0.15) is 70.9 Å². The number of hydrogen-bond acceptors (Lipinski definition) is 37. The molecule has 16 atom stereocenters. The molecule has 144 heavy (non-hydrogen) atoms. The van der Waals surface area contributed by atoms with Gasteiger partial charge in [-0.3, -0.25) is 56.6 Å². The molecule has 12 heterocycles. The maximum atomic E-state index is 12.5. The number of hydrogen-bond donors (Lipinski definition) is 16. The molecule has 19 rings (SSSR count). The van der Waals surface area contributed by atoms with Crippen molar-refractivity contribution in [3.8, 4) is 47.4 Å². The van der Waals surface area contributed by atoms with Gasteiger partial charge >= 0.3 is 0 Å². The average Bonchev–Trinajstić information content (AvgIpc) is 1.62. The van der Waals surface area contributed by atoms with E-state index in [-0.39, 0.29) is 178 Å². The maximum Gasteiger partial charge on any atom is 0.252 e. The second-order valence-electron chi connectivity index (χ2n) is 36.1. The van der Waals surface area contributed by atoms with Gasteiger partial charge in [0.05, 0.1) is 64.5 Å². The number of amides is 8. The van der Waals surface area contributed by atoms with Gasteiger partial charge in [-0.1, -0.05) is 98.2 Å². The first-order valence-corrected chi connectivity index (χ1v) is 47.2. The van der Waals surface area contributed by atoms with Crippen LogP contribution in [0.2, 0.25) is 0 Å². The van der Waals surface area contributed by atoms with Gasteiger partial charge in [-0.2, -0.15) is 0 Å². The van der Waals surface area contributed by atoms with Gasteiger partial charge in [0.15, 0.2) is 95.2 Å². The number of aliphatic hydroxyl groups is 8. The molecule has 8 aromatic heterocycles. The molecule has 0 radical (unpaired) electrons. The van der Waals surface area contributed by atoms with Crippen LogP contribution in [-0.4, -0.2) is 343 Å². The van der Waals surface area contributed by atoms with E-state index in [1.165, 1.54) is 58.3 Å². The molecular formula is C95H112N28O21. The number of carbonyl (C=O) groups is 8. The molecular weight excluding hydrogens is 1870 g/mol. The van der Waals surface area contributed by atoms with E-state index in [0.29, 0.717) is 38.9 Å². The van der Waals surface area contributed by atoms with Crippen molar-refractivity contribution in [3.05, 3.63) is 120 Å². The van der Waals surface area contributed by atoms with E-state index in [1.807, 2.05) is 67.6 Å². The molecule has 0 spiro atoms. The first-order chi connectivity index (χ1) is 69.3. The number of rotatable bonds is 27. The van der Waals surface area contributed by atoms with Gasteiger partial charge in [-0.15, -0.1) is 0 Å². The van der Waals surface area contributed by atoms with Crippen LogP contribution >= 0.6 is 0 Å². The second-order valence-corrected chi connectivity index (χ2v) is 36.1. The summed E-state index contributed by atoms with van der Waals surface area (Å²) in [6, 6.07) is 19.8. The summed E-state index contributed by atoms with van der Waals surface area (Å²) in [6.45, 7) is 5.34.